The third kappa shape index (κ3) is 4.46. The molecule has 2 aromatic rings. The van der Waals surface area contributed by atoms with E-state index in [1.54, 1.807) is 60.7 Å². The van der Waals surface area contributed by atoms with Gasteiger partial charge in [0.2, 0.25) is 6.29 Å². The Morgan fingerprint density at radius 2 is 1.46 bits per heavy atom. The zero-order chi connectivity index (χ0) is 20.1. The zero-order valence-electron chi connectivity index (χ0n) is 15.0. The lowest BCUT2D eigenvalue weighted by atomic mass is 9.99. The Hall–Kier alpha value is -2.55. The first-order valence-electron chi connectivity index (χ1n) is 8.85. The maximum absolute atomic E-state index is 12.6. The molecular formula is C21H22O7. The molecule has 1 aliphatic heterocycles. The standard InChI is InChI=1S/C21H22O7/c22-12-17-18(24)19(25)20(26)21(28-17)27-16(14-9-5-2-6-10-14)11-15(23)13-7-3-1-4-8-13/h1-11,17-22,24-26H,12H2/t17-,18+,19+,20-,21?/m1/s1. The average molecular weight is 386 g/mol. The molecule has 0 radical (unpaired) electrons. The molecule has 5 atom stereocenters. The molecule has 0 amide bonds. The quantitative estimate of drug-likeness (QED) is 0.328. The lowest BCUT2D eigenvalue weighted by Crippen LogP contribution is -2.59. The van der Waals surface area contributed by atoms with Crippen molar-refractivity contribution in [1.82, 2.24) is 0 Å². The highest BCUT2D eigenvalue weighted by Gasteiger charge is 2.45. The molecule has 0 bridgehead atoms. The van der Waals surface area contributed by atoms with E-state index < -0.39 is 37.3 Å². The Labute approximate surface area is 162 Å². The number of ketones is 1. The van der Waals surface area contributed by atoms with Gasteiger partial charge in [-0.05, 0) is 0 Å². The SMILES string of the molecule is O=C(C=C(OC1O[C@H](CO)[C@H](O)[C@H](O)[C@H]1O)c1ccccc1)c1ccccc1. The number of carbonyl (C=O) groups excluding carboxylic acids is 1. The van der Waals surface area contributed by atoms with Crippen molar-refractivity contribution in [3.05, 3.63) is 77.9 Å². The Balaban J connectivity index is 1.90. The van der Waals surface area contributed by atoms with Gasteiger partial charge in [-0.25, -0.2) is 0 Å². The Bertz CT molecular complexity index is 804. The number of hydrogen-bond acceptors (Lipinski definition) is 7. The van der Waals surface area contributed by atoms with Gasteiger partial charge in [0.15, 0.2) is 5.78 Å². The van der Waals surface area contributed by atoms with Crippen LogP contribution < -0.4 is 0 Å². The van der Waals surface area contributed by atoms with Gasteiger partial charge in [-0.1, -0.05) is 60.7 Å². The van der Waals surface area contributed by atoms with Crippen molar-refractivity contribution in [2.75, 3.05) is 6.61 Å². The molecule has 28 heavy (non-hydrogen) atoms. The number of benzene rings is 2. The van der Waals surface area contributed by atoms with Gasteiger partial charge in [0.05, 0.1) is 6.61 Å². The fraction of sp³-hybridized carbons (Fsp3) is 0.286. The lowest BCUT2D eigenvalue weighted by Gasteiger charge is -2.39. The van der Waals surface area contributed by atoms with Crippen molar-refractivity contribution < 1.29 is 34.7 Å². The molecule has 7 nitrogen and oxygen atoms in total. The molecule has 2 aromatic carbocycles. The van der Waals surface area contributed by atoms with Gasteiger partial charge < -0.3 is 29.9 Å². The summed E-state index contributed by atoms with van der Waals surface area (Å²) in [6, 6.07) is 17.3. The van der Waals surface area contributed by atoms with Crippen molar-refractivity contribution >= 4 is 11.5 Å². The summed E-state index contributed by atoms with van der Waals surface area (Å²) < 4.78 is 11.1. The normalized spacial score (nSPS) is 28.0. The lowest BCUT2D eigenvalue weighted by molar-refractivity contribution is -0.284. The van der Waals surface area contributed by atoms with E-state index in [2.05, 4.69) is 0 Å². The first-order valence-corrected chi connectivity index (χ1v) is 8.85. The molecule has 0 aromatic heterocycles. The van der Waals surface area contributed by atoms with E-state index in [0.717, 1.165) is 0 Å². The van der Waals surface area contributed by atoms with Crippen molar-refractivity contribution in [3.8, 4) is 0 Å². The highest BCUT2D eigenvalue weighted by atomic mass is 16.7. The smallest absolute Gasteiger partial charge is 0.229 e. The van der Waals surface area contributed by atoms with Gasteiger partial charge in [0.25, 0.3) is 0 Å². The van der Waals surface area contributed by atoms with Crippen LogP contribution in [0.2, 0.25) is 0 Å². The number of aliphatic hydroxyl groups is 4. The molecule has 1 saturated heterocycles. The Kier molecular flexibility index (Phi) is 6.56. The van der Waals surface area contributed by atoms with Crippen LogP contribution in [0, 0.1) is 0 Å². The van der Waals surface area contributed by atoms with Crippen LogP contribution in [0.1, 0.15) is 15.9 Å². The second kappa shape index (κ2) is 9.09. The zero-order valence-corrected chi connectivity index (χ0v) is 15.0. The summed E-state index contributed by atoms with van der Waals surface area (Å²) >= 11 is 0. The minimum absolute atomic E-state index is 0.124. The fourth-order valence-electron chi connectivity index (χ4n) is 2.88. The number of rotatable bonds is 6. The minimum atomic E-state index is -1.57. The van der Waals surface area contributed by atoms with Crippen molar-refractivity contribution in [3.63, 3.8) is 0 Å². The summed E-state index contributed by atoms with van der Waals surface area (Å²) in [4.78, 5) is 12.6. The molecule has 3 rings (SSSR count). The maximum atomic E-state index is 12.6. The summed E-state index contributed by atoms with van der Waals surface area (Å²) in [5, 5.41) is 39.4. The summed E-state index contributed by atoms with van der Waals surface area (Å²) in [6.07, 6.45) is -5.85. The molecule has 0 aliphatic carbocycles. The van der Waals surface area contributed by atoms with Crippen LogP contribution in [0.5, 0.6) is 0 Å². The van der Waals surface area contributed by atoms with Gasteiger partial charge in [-0.15, -0.1) is 0 Å². The van der Waals surface area contributed by atoms with E-state index in [1.165, 1.54) is 6.08 Å². The molecule has 1 unspecified atom stereocenters. The second-order valence-corrected chi connectivity index (χ2v) is 6.42. The van der Waals surface area contributed by atoms with Crippen LogP contribution in [0.4, 0.5) is 0 Å². The number of aliphatic hydroxyl groups excluding tert-OH is 4. The Morgan fingerprint density at radius 1 is 0.893 bits per heavy atom. The predicted octanol–water partition coefficient (Wildman–Crippen LogP) is 0.727. The molecule has 1 fully saturated rings. The summed E-state index contributed by atoms with van der Waals surface area (Å²) in [5.41, 5.74) is 1.01. The third-order valence-corrected chi connectivity index (χ3v) is 4.47. The van der Waals surface area contributed by atoms with Gasteiger partial charge in [0.1, 0.15) is 30.2 Å². The summed E-state index contributed by atoms with van der Waals surface area (Å²) in [7, 11) is 0. The first-order chi connectivity index (χ1) is 13.5. The highest BCUT2D eigenvalue weighted by Crippen LogP contribution is 2.27. The number of hydrogen-bond donors (Lipinski definition) is 4. The summed E-state index contributed by atoms with van der Waals surface area (Å²) in [5.74, 6) is -0.192. The molecular weight excluding hydrogens is 364 g/mol. The molecule has 1 aliphatic rings. The summed E-state index contributed by atoms with van der Waals surface area (Å²) in [6.45, 7) is -0.571. The van der Waals surface area contributed by atoms with E-state index in [-0.39, 0.29) is 11.5 Å². The van der Waals surface area contributed by atoms with Gasteiger partial charge >= 0.3 is 0 Å². The predicted molar refractivity (Wildman–Crippen MR) is 100 cm³/mol. The van der Waals surface area contributed by atoms with Crippen LogP contribution >= 0.6 is 0 Å². The third-order valence-electron chi connectivity index (χ3n) is 4.47. The van der Waals surface area contributed by atoms with E-state index in [1.807, 2.05) is 0 Å². The monoisotopic (exact) mass is 386 g/mol. The van der Waals surface area contributed by atoms with Gasteiger partial charge in [-0.3, -0.25) is 4.79 Å². The van der Waals surface area contributed by atoms with Crippen molar-refractivity contribution in [2.24, 2.45) is 0 Å². The molecule has 0 spiro atoms. The fourth-order valence-corrected chi connectivity index (χ4v) is 2.88. The molecule has 148 valence electrons. The van der Waals surface area contributed by atoms with E-state index in [9.17, 15) is 25.2 Å². The van der Waals surface area contributed by atoms with Gasteiger partial charge in [-0.2, -0.15) is 0 Å². The minimum Gasteiger partial charge on any atom is -0.461 e. The van der Waals surface area contributed by atoms with E-state index >= 15 is 0 Å². The van der Waals surface area contributed by atoms with Crippen LogP contribution in [0.3, 0.4) is 0 Å². The number of ether oxygens (including phenoxy) is 2. The average Bonchev–Trinajstić information content (AvgIpc) is 2.74. The topological polar surface area (TPSA) is 116 Å². The van der Waals surface area contributed by atoms with Crippen molar-refractivity contribution in [1.29, 1.82) is 0 Å². The number of allylic oxidation sites excluding steroid dienone is 1. The highest BCUT2D eigenvalue weighted by molar-refractivity contribution is 6.07. The van der Waals surface area contributed by atoms with Crippen LogP contribution in [0.15, 0.2) is 66.7 Å². The molecule has 1 heterocycles. The van der Waals surface area contributed by atoms with Crippen LogP contribution in [-0.4, -0.2) is 63.5 Å². The van der Waals surface area contributed by atoms with Crippen LogP contribution in [0.25, 0.3) is 5.76 Å². The van der Waals surface area contributed by atoms with E-state index in [4.69, 9.17) is 9.47 Å². The molecule has 0 saturated carbocycles. The van der Waals surface area contributed by atoms with Crippen molar-refractivity contribution in [2.45, 2.75) is 30.7 Å². The largest absolute Gasteiger partial charge is 0.461 e. The number of carbonyl (C=O) groups is 1. The first kappa shape index (κ1) is 20.2. The van der Waals surface area contributed by atoms with E-state index in [0.29, 0.717) is 11.1 Å². The maximum Gasteiger partial charge on any atom is 0.229 e. The second-order valence-electron chi connectivity index (χ2n) is 6.42. The Morgan fingerprint density at radius 3 is 2.04 bits per heavy atom. The van der Waals surface area contributed by atoms with Crippen LogP contribution in [-0.2, 0) is 9.47 Å². The molecule has 7 heteroatoms. The van der Waals surface area contributed by atoms with Gasteiger partial charge in [0, 0.05) is 17.2 Å². The molecule has 4 N–H and O–H groups in total.